The molecule has 24 heavy (non-hydrogen) atoms. The zero-order valence-electron chi connectivity index (χ0n) is 14.5. The van der Waals surface area contributed by atoms with E-state index >= 15 is 0 Å². The van der Waals surface area contributed by atoms with E-state index in [9.17, 15) is 4.79 Å². The van der Waals surface area contributed by atoms with Crippen molar-refractivity contribution in [3.8, 4) is 0 Å². The fourth-order valence-corrected chi connectivity index (χ4v) is 4.44. The Bertz CT molecular complexity index is 628. The average Bonchev–Trinajstić information content (AvgIpc) is 3.03. The summed E-state index contributed by atoms with van der Waals surface area (Å²) >= 11 is 0. The molecule has 4 heterocycles. The smallest absolute Gasteiger partial charge is 0.343 e. The number of benzene rings is 1. The highest BCUT2D eigenvalue weighted by Gasteiger charge is 2.65. The van der Waals surface area contributed by atoms with Crippen molar-refractivity contribution in [1.29, 1.82) is 0 Å². The van der Waals surface area contributed by atoms with Crippen molar-refractivity contribution in [2.75, 3.05) is 7.11 Å². The van der Waals surface area contributed by atoms with Crippen molar-refractivity contribution >= 4 is 5.97 Å². The van der Waals surface area contributed by atoms with Crippen LogP contribution in [0.15, 0.2) is 30.3 Å². The van der Waals surface area contributed by atoms with E-state index in [-0.39, 0.29) is 36.4 Å². The lowest BCUT2D eigenvalue weighted by molar-refractivity contribution is -0.200. The fraction of sp³-hybridized carbons (Fsp3) is 0.632. The minimum Gasteiger partial charge on any atom is -0.454 e. The van der Waals surface area contributed by atoms with Gasteiger partial charge in [-0.15, -0.1) is 0 Å². The van der Waals surface area contributed by atoms with Crippen LogP contribution in [0.4, 0.5) is 0 Å². The molecule has 4 aliphatic heterocycles. The van der Waals surface area contributed by atoms with E-state index in [2.05, 4.69) is 13.8 Å². The predicted octanol–water partition coefficient (Wildman–Crippen LogP) is 2.28. The van der Waals surface area contributed by atoms with Crippen LogP contribution in [0, 0.1) is 11.8 Å². The lowest BCUT2D eigenvalue weighted by Crippen LogP contribution is -2.51. The van der Waals surface area contributed by atoms with Crippen LogP contribution >= 0.6 is 0 Å². The van der Waals surface area contributed by atoms with Crippen molar-refractivity contribution in [2.45, 2.75) is 56.9 Å². The van der Waals surface area contributed by atoms with Gasteiger partial charge in [-0.05, 0) is 12.5 Å². The molecule has 4 fully saturated rings. The van der Waals surface area contributed by atoms with Gasteiger partial charge >= 0.3 is 5.97 Å². The maximum Gasteiger partial charge on any atom is 0.343 e. The summed E-state index contributed by atoms with van der Waals surface area (Å²) in [5.74, 6) is 0.162. The number of hydrogen-bond acceptors (Lipinski definition) is 5. The summed E-state index contributed by atoms with van der Waals surface area (Å²) in [6.07, 6.45) is -0.379. The van der Waals surface area contributed by atoms with Crippen LogP contribution in [-0.4, -0.2) is 43.6 Å². The molecule has 0 radical (unpaired) electrons. The van der Waals surface area contributed by atoms with Crippen LogP contribution < -0.4 is 0 Å². The summed E-state index contributed by atoms with van der Waals surface area (Å²) < 4.78 is 23.6. The molecule has 0 unspecified atom stereocenters. The Hall–Kier alpha value is -1.43. The molecule has 4 aliphatic rings. The van der Waals surface area contributed by atoms with Gasteiger partial charge in [0.1, 0.15) is 12.2 Å². The van der Waals surface area contributed by atoms with E-state index in [0.29, 0.717) is 5.92 Å². The van der Waals surface area contributed by atoms with Crippen molar-refractivity contribution < 1.29 is 23.7 Å². The summed E-state index contributed by atoms with van der Waals surface area (Å²) in [4.78, 5) is 12.9. The molecule has 0 N–H and O–H groups in total. The Balaban J connectivity index is 1.56. The predicted molar refractivity (Wildman–Crippen MR) is 86.3 cm³/mol. The number of rotatable bonds is 4. The standard InChI is InChI=1S/C19H24O5/c1-10-13-11(2)15-17(16(22-13)14(10)23-15)24-18(20)19(3,21-4)12-8-6-5-7-9-12/h5-11,13-17H,1-4H3/t10-,11+,13+,14+,15-,16+,17-,19-/m1/s1. The zero-order chi connectivity index (χ0) is 17.1. The van der Waals surface area contributed by atoms with Crippen LogP contribution in [0.2, 0.25) is 0 Å². The molecule has 5 rings (SSSR count). The normalized spacial score (nSPS) is 42.1. The maximum atomic E-state index is 12.9. The first-order chi connectivity index (χ1) is 11.5. The molecule has 130 valence electrons. The van der Waals surface area contributed by atoms with E-state index in [1.165, 1.54) is 7.11 Å². The summed E-state index contributed by atoms with van der Waals surface area (Å²) in [5.41, 5.74) is -0.371. The molecule has 8 atom stereocenters. The second-order valence-corrected chi connectivity index (χ2v) is 7.32. The molecular weight excluding hydrogens is 308 g/mol. The number of hydrogen-bond donors (Lipinski definition) is 0. The third-order valence-corrected chi connectivity index (χ3v) is 6.04. The first kappa shape index (κ1) is 16.1. The summed E-state index contributed by atoms with van der Waals surface area (Å²) in [6, 6.07) is 9.41. The van der Waals surface area contributed by atoms with Gasteiger partial charge < -0.3 is 18.9 Å². The molecule has 0 amide bonds. The molecule has 0 spiro atoms. The molecule has 1 aromatic rings. The lowest BCUT2D eigenvalue weighted by atomic mass is 9.87. The fourth-order valence-electron chi connectivity index (χ4n) is 4.44. The minimum atomic E-state index is -1.14. The quantitative estimate of drug-likeness (QED) is 0.792. The molecular formula is C19H24O5. The topological polar surface area (TPSA) is 54.0 Å². The number of esters is 1. The zero-order valence-corrected chi connectivity index (χ0v) is 14.5. The molecule has 0 saturated carbocycles. The van der Waals surface area contributed by atoms with Crippen LogP contribution in [0.1, 0.15) is 26.3 Å². The second-order valence-electron chi connectivity index (χ2n) is 7.32. The van der Waals surface area contributed by atoms with E-state index in [1.54, 1.807) is 6.92 Å². The number of ether oxygens (including phenoxy) is 4. The molecule has 1 aromatic carbocycles. The number of carbonyl (C=O) groups excluding carboxylic acids is 1. The van der Waals surface area contributed by atoms with E-state index in [4.69, 9.17) is 18.9 Å². The van der Waals surface area contributed by atoms with Gasteiger partial charge in [0.05, 0.1) is 12.2 Å². The Morgan fingerprint density at radius 2 is 1.62 bits per heavy atom. The van der Waals surface area contributed by atoms with Gasteiger partial charge in [0, 0.05) is 18.9 Å². The molecule has 5 nitrogen and oxygen atoms in total. The third-order valence-electron chi connectivity index (χ3n) is 6.04. The molecule has 4 bridgehead atoms. The molecule has 0 aliphatic carbocycles. The monoisotopic (exact) mass is 332 g/mol. The van der Waals surface area contributed by atoms with Gasteiger partial charge in [0.25, 0.3) is 0 Å². The third kappa shape index (κ3) is 2.08. The van der Waals surface area contributed by atoms with Crippen molar-refractivity contribution in [2.24, 2.45) is 11.8 Å². The number of methoxy groups -OCH3 is 1. The van der Waals surface area contributed by atoms with E-state index in [0.717, 1.165) is 5.56 Å². The van der Waals surface area contributed by atoms with Gasteiger partial charge in [0.2, 0.25) is 0 Å². The van der Waals surface area contributed by atoms with Gasteiger partial charge in [-0.2, -0.15) is 0 Å². The molecule has 5 heteroatoms. The highest BCUT2D eigenvalue weighted by molar-refractivity contribution is 5.81. The van der Waals surface area contributed by atoms with E-state index < -0.39 is 11.6 Å². The summed E-state index contributed by atoms with van der Waals surface area (Å²) in [5, 5.41) is 0. The highest BCUT2D eigenvalue weighted by atomic mass is 16.7. The Kier molecular flexibility index (Phi) is 3.71. The average molecular weight is 332 g/mol. The summed E-state index contributed by atoms with van der Waals surface area (Å²) in [7, 11) is 1.53. The van der Waals surface area contributed by atoms with Crippen molar-refractivity contribution in [3.63, 3.8) is 0 Å². The Labute approximate surface area is 142 Å². The lowest BCUT2D eigenvalue weighted by Gasteiger charge is -2.39. The van der Waals surface area contributed by atoms with E-state index in [1.807, 2.05) is 30.3 Å². The second kappa shape index (κ2) is 5.55. The first-order valence-corrected chi connectivity index (χ1v) is 8.60. The Morgan fingerprint density at radius 1 is 1.00 bits per heavy atom. The van der Waals surface area contributed by atoms with Crippen LogP contribution in [0.5, 0.6) is 0 Å². The first-order valence-electron chi connectivity index (χ1n) is 8.60. The van der Waals surface area contributed by atoms with Gasteiger partial charge in [-0.25, -0.2) is 4.79 Å². The maximum absolute atomic E-state index is 12.9. The number of carbonyl (C=O) groups is 1. The SMILES string of the molecule is CO[C@@](C)(C(=O)O[C@H]1[C@H]2O[C@H]3[C@@H](C)[C@@H]2O[C@@H]1[C@H]3C)c1ccccc1. The van der Waals surface area contributed by atoms with Crippen molar-refractivity contribution in [1.82, 2.24) is 0 Å². The highest BCUT2D eigenvalue weighted by Crippen LogP contribution is 2.51. The van der Waals surface area contributed by atoms with Gasteiger partial charge in [-0.1, -0.05) is 44.2 Å². The van der Waals surface area contributed by atoms with Crippen LogP contribution in [-0.2, 0) is 29.3 Å². The summed E-state index contributed by atoms with van der Waals surface area (Å²) in [6.45, 7) is 6.00. The van der Waals surface area contributed by atoms with Crippen molar-refractivity contribution in [3.05, 3.63) is 35.9 Å². The van der Waals surface area contributed by atoms with Gasteiger partial charge in [-0.3, -0.25) is 0 Å². The Morgan fingerprint density at radius 3 is 2.29 bits per heavy atom. The minimum absolute atomic E-state index is 0.0273. The van der Waals surface area contributed by atoms with Crippen LogP contribution in [0.3, 0.4) is 0 Å². The van der Waals surface area contributed by atoms with Crippen LogP contribution in [0.25, 0.3) is 0 Å². The van der Waals surface area contributed by atoms with Gasteiger partial charge in [0.15, 0.2) is 11.7 Å². The molecule has 4 saturated heterocycles. The largest absolute Gasteiger partial charge is 0.454 e. The molecule has 0 aromatic heterocycles.